The summed E-state index contributed by atoms with van der Waals surface area (Å²) in [6.45, 7) is 2.69. The van der Waals surface area contributed by atoms with Crippen LogP contribution in [0.5, 0.6) is 0 Å². The maximum absolute atomic E-state index is 12.1. The van der Waals surface area contributed by atoms with Crippen molar-refractivity contribution >= 4 is 17.2 Å². The highest BCUT2D eigenvalue weighted by molar-refractivity contribution is 5.87. The van der Waals surface area contributed by atoms with E-state index < -0.39 is 0 Å². The van der Waals surface area contributed by atoms with E-state index >= 15 is 0 Å². The highest BCUT2D eigenvalue weighted by atomic mass is 16.2. The van der Waals surface area contributed by atoms with Crippen molar-refractivity contribution in [3.05, 3.63) is 54.7 Å². The van der Waals surface area contributed by atoms with Gasteiger partial charge in [0.15, 0.2) is 0 Å². The SMILES string of the molecule is Cn1cc(-c2cc(-c3ccc(N4CCC(N5CCCC5=O)CC4)nc3)c3c(C#N)cnn3c2)cn1. The summed E-state index contributed by atoms with van der Waals surface area (Å²) in [5.41, 5.74) is 5.08. The van der Waals surface area contributed by atoms with Gasteiger partial charge < -0.3 is 9.80 Å². The molecule has 0 N–H and O–H groups in total. The van der Waals surface area contributed by atoms with Crippen molar-refractivity contribution in [2.45, 2.75) is 31.7 Å². The van der Waals surface area contributed by atoms with Crippen molar-refractivity contribution < 1.29 is 4.79 Å². The third kappa shape index (κ3) is 3.81. The zero-order chi connectivity index (χ0) is 23.9. The maximum atomic E-state index is 12.1. The van der Waals surface area contributed by atoms with Crippen LogP contribution in [0, 0.1) is 11.3 Å². The van der Waals surface area contributed by atoms with Gasteiger partial charge in [-0.25, -0.2) is 9.50 Å². The lowest BCUT2D eigenvalue weighted by Crippen LogP contribution is -2.45. The maximum Gasteiger partial charge on any atom is 0.222 e. The molecule has 9 nitrogen and oxygen atoms in total. The van der Waals surface area contributed by atoms with Crippen molar-refractivity contribution in [2.75, 3.05) is 24.5 Å². The molecule has 0 spiro atoms. The third-order valence-corrected chi connectivity index (χ3v) is 7.17. The van der Waals surface area contributed by atoms with Gasteiger partial charge >= 0.3 is 0 Å². The molecule has 35 heavy (non-hydrogen) atoms. The summed E-state index contributed by atoms with van der Waals surface area (Å²) < 4.78 is 3.52. The number of nitrogens with zero attached hydrogens (tertiary/aromatic N) is 8. The van der Waals surface area contributed by atoms with Crippen LogP contribution < -0.4 is 4.90 Å². The molecule has 0 aromatic carbocycles. The van der Waals surface area contributed by atoms with Gasteiger partial charge in [0.05, 0.1) is 23.5 Å². The van der Waals surface area contributed by atoms with E-state index in [9.17, 15) is 10.1 Å². The lowest BCUT2D eigenvalue weighted by Gasteiger charge is -2.37. The number of piperidine rings is 1. The predicted molar refractivity (Wildman–Crippen MR) is 132 cm³/mol. The Hall–Kier alpha value is -4.19. The second kappa shape index (κ2) is 8.55. The fraction of sp³-hybridized carbons (Fsp3) is 0.346. The second-order valence-electron chi connectivity index (χ2n) is 9.32. The summed E-state index contributed by atoms with van der Waals surface area (Å²) in [6, 6.07) is 8.80. The number of hydrogen-bond acceptors (Lipinski definition) is 6. The van der Waals surface area contributed by atoms with Gasteiger partial charge in [-0.15, -0.1) is 0 Å². The van der Waals surface area contributed by atoms with E-state index in [0.29, 0.717) is 23.9 Å². The van der Waals surface area contributed by atoms with E-state index in [-0.39, 0.29) is 0 Å². The van der Waals surface area contributed by atoms with Gasteiger partial charge in [0.2, 0.25) is 5.91 Å². The molecule has 1 amide bonds. The van der Waals surface area contributed by atoms with Gasteiger partial charge in [-0.1, -0.05) is 0 Å². The zero-order valence-corrected chi connectivity index (χ0v) is 19.6. The number of aryl methyl sites for hydroxylation is 1. The minimum atomic E-state index is 0.308. The highest BCUT2D eigenvalue weighted by Gasteiger charge is 2.31. The number of hydrogen-bond donors (Lipinski definition) is 0. The Balaban J connectivity index is 1.28. The van der Waals surface area contributed by atoms with Crippen LogP contribution in [0.2, 0.25) is 0 Å². The molecule has 0 radical (unpaired) electrons. The molecular formula is C26H26N8O. The van der Waals surface area contributed by atoms with E-state index in [0.717, 1.165) is 72.5 Å². The number of carbonyl (C=O) groups excluding carboxylic acids is 1. The Bertz CT molecular complexity index is 1440. The molecule has 0 saturated carbocycles. The molecule has 0 atom stereocenters. The Labute approximate surface area is 203 Å². The fourth-order valence-corrected chi connectivity index (χ4v) is 5.35. The summed E-state index contributed by atoms with van der Waals surface area (Å²) in [5.74, 6) is 1.25. The van der Waals surface area contributed by atoms with Crippen LogP contribution in [0.1, 0.15) is 31.2 Å². The van der Waals surface area contributed by atoms with Crippen molar-refractivity contribution in [3.63, 3.8) is 0 Å². The average molecular weight is 467 g/mol. The zero-order valence-electron chi connectivity index (χ0n) is 19.6. The predicted octanol–water partition coefficient (Wildman–Crippen LogP) is 3.26. The first-order chi connectivity index (χ1) is 17.1. The van der Waals surface area contributed by atoms with Crippen LogP contribution in [0.15, 0.2) is 49.2 Å². The summed E-state index contributed by atoms with van der Waals surface area (Å²) in [4.78, 5) is 21.3. The largest absolute Gasteiger partial charge is 0.356 e. The van der Waals surface area contributed by atoms with Crippen LogP contribution in [-0.4, -0.2) is 60.9 Å². The monoisotopic (exact) mass is 466 g/mol. The van der Waals surface area contributed by atoms with Gasteiger partial charge in [-0.3, -0.25) is 9.48 Å². The minimum absolute atomic E-state index is 0.308. The molecule has 2 fully saturated rings. The molecular weight excluding hydrogens is 440 g/mol. The normalized spacial score (nSPS) is 16.9. The number of rotatable bonds is 4. The van der Waals surface area contributed by atoms with Gasteiger partial charge in [0.25, 0.3) is 0 Å². The number of amides is 1. The Morgan fingerprint density at radius 1 is 1.00 bits per heavy atom. The smallest absolute Gasteiger partial charge is 0.222 e. The van der Waals surface area contributed by atoms with Crippen LogP contribution in [-0.2, 0) is 11.8 Å². The highest BCUT2D eigenvalue weighted by Crippen LogP contribution is 2.33. The summed E-state index contributed by atoms with van der Waals surface area (Å²) in [7, 11) is 1.89. The van der Waals surface area contributed by atoms with Gasteiger partial charge in [-0.2, -0.15) is 15.5 Å². The molecule has 2 saturated heterocycles. The molecule has 176 valence electrons. The number of carbonyl (C=O) groups is 1. The van der Waals surface area contributed by atoms with Crippen LogP contribution in [0.3, 0.4) is 0 Å². The number of fused-ring (bicyclic) bond motifs is 1. The van der Waals surface area contributed by atoms with Crippen LogP contribution in [0.25, 0.3) is 27.8 Å². The molecule has 2 aliphatic heterocycles. The van der Waals surface area contributed by atoms with E-state index in [4.69, 9.17) is 4.98 Å². The first-order valence-electron chi connectivity index (χ1n) is 12.0. The quantitative estimate of drug-likeness (QED) is 0.458. The molecule has 4 aromatic rings. The van der Waals surface area contributed by atoms with Crippen molar-refractivity contribution in [3.8, 4) is 28.3 Å². The van der Waals surface area contributed by atoms with Gasteiger partial charge in [0.1, 0.15) is 11.9 Å². The van der Waals surface area contributed by atoms with Crippen LogP contribution in [0.4, 0.5) is 5.82 Å². The summed E-state index contributed by atoms with van der Waals surface area (Å²) in [6.07, 6.45) is 12.8. The summed E-state index contributed by atoms with van der Waals surface area (Å²) >= 11 is 0. The van der Waals surface area contributed by atoms with Crippen molar-refractivity contribution in [2.24, 2.45) is 7.05 Å². The fourth-order valence-electron chi connectivity index (χ4n) is 5.35. The Morgan fingerprint density at radius 3 is 2.51 bits per heavy atom. The first-order valence-corrected chi connectivity index (χ1v) is 12.0. The molecule has 2 aliphatic rings. The minimum Gasteiger partial charge on any atom is -0.356 e. The van der Waals surface area contributed by atoms with Crippen molar-refractivity contribution in [1.82, 2.24) is 29.3 Å². The van der Waals surface area contributed by atoms with E-state index in [1.807, 2.05) is 37.9 Å². The number of likely N-dealkylation sites (tertiary alicyclic amines) is 1. The van der Waals surface area contributed by atoms with Gasteiger partial charge in [-0.05, 0) is 37.5 Å². The van der Waals surface area contributed by atoms with E-state index in [2.05, 4.69) is 38.2 Å². The van der Waals surface area contributed by atoms with Crippen LogP contribution >= 0.6 is 0 Å². The molecule has 0 aliphatic carbocycles. The molecule has 4 aromatic heterocycles. The lowest BCUT2D eigenvalue weighted by molar-refractivity contribution is -0.130. The topological polar surface area (TPSA) is 95.3 Å². The van der Waals surface area contributed by atoms with E-state index in [1.165, 1.54) is 0 Å². The molecule has 6 heterocycles. The number of aromatic nitrogens is 5. The average Bonchev–Trinajstić information content (AvgIpc) is 3.63. The Morgan fingerprint density at radius 2 is 1.86 bits per heavy atom. The molecule has 0 unspecified atom stereocenters. The van der Waals surface area contributed by atoms with Crippen molar-refractivity contribution in [1.29, 1.82) is 5.26 Å². The standard InChI is InChI=1S/C26H26N8O/c1-31-16-21(15-29-31)19-11-23(26-20(12-27)14-30-34(26)17-19)18-4-5-24(28-13-18)32-9-6-22(7-10-32)33-8-2-3-25(33)35/h4-5,11,13-17,22H,2-3,6-10H2,1H3. The molecule has 9 heteroatoms. The lowest BCUT2D eigenvalue weighted by atomic mass is 10.0. The summed E-state index contributed by atoms with van der Waals surface area (Å²) in [5, 5.41) is 18.4. The Kier molecular flexibility index (Phi) is 5.21. The second-order valence-corrected chi connectivity index (χ2v) is 9.32. The number of nitriles is 1. The first kappa shape index (κ1) is 21.4. The molecule has 0 bridgehead atoms. The van der Waals surface area contributed by atoms with Gasteiger partial charge in [0, 0.05) is 80.0 Å². The molecule has 6 rings (SSSR count). The third-order valence-electron chi connectivity index (χ3n) is 7.17. The number of pyridine rings is 2. The number of anilines is 1. The van der Waals surface area contributed by atoms with E-state index in [1.54, 1.807) is 15.4 Å².